The summed E-state index contributed by atoms with van der Waals surface area (Å²) in [7, 11) is 0. The van der Waals surface area contributed by atoms with Crippen LogP contribution in [-0.2, 0) is 0 Å². The van der Waals surface area contributed by atoms with Gasteiger partial charge in [0.25, 0.3) is 0 Å². The summed E-state index contributed by atoms with van der Waals surface area (Å²) in [6.07, 6.45) is 3.81. The second-order valence-electron chi connectivity index (χ2n) is 5.62. The van der Waals surface area contributed by atoms with Crippen molar-refractivity contribution >= 4 is 0 Å². The fourth-order valence-electron chi connectivity index (χ4n) is 3.15. The molecule has 0 amide bonds. The molecule has 96 valence electrons. The molecule has 3 unspecified atom stereocenters. The Balaban J connectivity index is 2.22. The average molecular weight is 237 g/mol. The summed E-state index contributed by atoms with van der Waals surface area (Å²) in [5, 5.41) is 10.6. The van der Waals surface area contributed by atoms with Crippen LogP contribution in [0.5, 0.6) is 0 Å². The van der Waals surface area contributed by atoms with Gasteiger partial charge in [-0.25, -0.2) is 0 Å². The molecular weight excluding hydrogens is 214 g/mol. The predicted molar refractivity (Wildman–Crippen MR) is 67.5 cm³/mol. The highest BCUT2D eigenvalue weighted by molar-refractivity contribution is 5.12. The quantitative estimate of drug-likeness (QED) is 0.849. The van der Waals surface area contributed by atoms with Crippen LogP contribution in [0.25, 0.3) is 0 Å². The summed E-state index contributed by atoms with van der Waals surface area (Å²) in [5.74, 6) is 2.15. The van der Waals surface area contributed by atoms with E-state index in [1.165, 1.54) is 6.42 Å². The minimum Gasteiger partial charge on any atom is -0.464 e. The number of aliphatic hydroxyl groups excluding tert-OH is 1. The summed E-state index contributed by atoms with van der Waals surface area (Å²) in [5.41, 5.74) is 5.75. The number of nitrogens with two attached hydrogens (primary N) is 1. The molecule has 1 aliphatic carbocycles. The van der Waals surface area contributed by atoms with E-state index in [0.717, 1.165) is 25.0 Å². The van der Waals surface area contributed by atoms with Crippen molar-refractivity contribution in [3.63, 3.8) is 0 Å². The third-order valence-electron chi connectivity index (χ3n) is 4.14. The molecule has 0 saturated heterocycles. The Morgan fingerprint density at radius 2 is 2.35 bits per heavy atom. The van der Waals surface area contributed by atoms with Crippen LogP contribution < -0.4 is 5.73 Å². The standard InChI is InChI=1S/C14H23NO2/c1-10-4-3-7-14(8-10,9-15)13(16)12-6-5-11(2)17-12/h5-6,10,13,16H,3-4,7-9,15H2,1-2H3. The Labute approximate surface area is 103 Å². The molecule has 17 heavy (non-hydrogen) atoms. The molecule has 1 heterocycles. The van der Waals surface area contributed by atoms with E-state index < -0.39 is 6.10 Å². The van der Waals surface area contributed by atoms with E-state index in [1.807, 2.05) is 19.1 Å². The molecule has 1 fully saturated rings. The highest BCUT2D eigenvalue weighted by Gasteiger charge is 2.42. The van der Waals surface area contributed by atoms with Crippen LogP contribution in [0.2, 0.25) is 0 Å². The van der Waals surface area contributed by atoms with Gasteiger partial charge in [-0.05, 0) is 37.8 Å². The molecule has 2 rings (SSSR count). The fourth-order valence-corrected chi connectivity index (χ4v) is 3.15. The van der Waals surface area contributed by atoms with Crippen LogP contribution in [-0.4, -0.2) is 11.7 Å². The van der Waals surface area contributed by atoms with Crippen molar-refractivity contribution in [2.75, 3.05) is 6.54 Å². The number of hydrogen-bond acceptors (Lipinski definition) is 3. The summed E-state index contributed by atoms with van der Waals surface area (Å²) in [4.78, 5) is 0. The number of aliphatic hydroxyl groups is 1. The Bertz CT molecular complexity index is 374. The summed E-state index contributed by atoms with van der Waals surface area (Å²) in [6, 6.07) is 3.77. The summed E-state index contributed by atoms with van der Waals surface area (Å²) in [6.45, 7) is 4.66. The molecular formula is C14H23NO2. The molecule has 0 bridgehead atoms. The lowest BCUT2D eigenvalue weighted by atomic mass is 9.66. The Hall–Kier alpha value is -0.800. The number of rotatable bonds is 3. The maximum absolute atomic E-state index is 10.6. The first-order chi connectivity index (χ1) is 8.07. The van der Waals surface area contributed by atoms with Gasteiger partial charge in [-0.2, -0.15) is 0 Å². The third kappa shape index (κ3) is 2.40. The largest absolute Gasteiger partial charge is 0.464 e. The van der Waals surface area contributed by atoms with Gasteiger partial charge in [0.15, 0.2) is 0 Å². The van der Waals surface area contributed by atoms with E-state index in [2.05, 4.69) is 6.92 Å². The van der Waals surface area contributed by atoms with Gasteiger partial charge in [0.2, 0.25) is 0 Å². The summed E-state index contributed by atoms with van der Waals surface area (Å²) >= 11 is 0. The van der Waals surface area contributed by atoms with Crippen LogP contribution >= 0.6 is 0 Å². The van der Waals surface area contributed by atoms with Gasteiger partial charge in [-0.3, -0.25) is 0 Å². The van der Waals surface area contributed by atoms with Crippen molar-refractivity contribution in [1.82, 2.24) is 0 Å². The van der Waals surface area contributed by atoms with E-state index >= 15 is 0 Å². The highest BCUT2D eigenvalue weighted by Crippen LogP contribution is 2.47. The van der Waals surface area contributed by atoms with Gasteiger partial charge >= 0.3 is 0 Å². The second-order valence-corrected chi connectivity index (χ2v) is 5.62. The van der Waals surface area contributed by atoms with Crippen LogP contribution in [0.4, 0.5) is 0 Å². The third-order valence-corrected chi connectivity index (χ3v) is 4.14. The van der Waals surface area contributed by atoms with Gasteiger partial charge in [0.1, 0.15) is 17.6 Å². The van der Waals surface area contributed by atoms with Gasteiger partial charge in [-0.1, -0.05) is 19.8 Å². The Kier molecular flexibility index (Phi) is 3.59. The monoisotopic (exact) mass is 237 g/mol. The number of aryl methyl sites for hydroxylation is 1. The first-order valence-corrected chi connectivity index (χ1v) is 6.52. The molecule has 3 nitrogen and oxygen atoms in total. The SMILES string of the molecule is Cc1ccc(C(O)C2(CN)CCCC(C)C2)o1. The first kappa shape index (κ1) is 12.7. The maximum Gasteiger partial charge on any atom is 0.133 e. The molecule has 0 aliphatic heterocycles. The molecule has 1 saturated carbocycles. The van der Waals surface area contributed by atoms with Crippen LogP contribution in [0.1, 0.15) is 50.2 Å². The minimum absolute atomic E-state index is 0.193. The topological polar surface area (TPSA) is 59.4 Å². The maximum atomic E-state index is 10.6. The van der Waals surface area contributed by atoms with Gasteiger partial charge < -0.3 is 15.3 Å². The molecule has 1 aromatic rings. The Morgan fingerprint density at radius 3 is 2.88 bits per heavy atom. The van der Waals surface area contributed by atoms with Crippen molar-refractivity contribution in [3.05, 3.63) is 23.7 Å². The fraction of sp³-hybridized carbons (Fsp3) is 0.714. The van der Waals surface area contributed by atoms with Gasteiger partial charge in [0.05, 0.1) is 0 Å². The minimum atomic E-state index is -0.566. The molecule has 0 radical (unpaired) electrons. The van der Waals surface area contributed by atoms with Crippen molar-refractivity contribution in [1.29, 1.82) is 0 Å². The zero-order valence-corrected chi connectivity index (χ0v) is 10.8. The molecule has 0 aromatic carbocycles. The van der Waals surface area contributed by atoms with Crippen molar-refractivity contribution in [3.8, 4) is 0 Å². The van der Waals surface area contributed by atoms with Crippen LogP contribution in [0.15, 0.2) is 16.5 Å². The molecule has 0 spiro atoms. The lowest BCUT2D eigenvalue weighted by Gasteiger charge is -2.42. The van der Waals surface area contributed by atoms with Gasteiger partial charge in [-0.15, -0.1) is 0 Å². The lowest BCUT2D eigenvalue weighted by molar-refractivity contribution is -0.0259. The molecule has 3 atom stereocenters. The molecule has 1 aromatic heterocycles. The zero-order chi connectivity index (χ0) is 12.5. The van der Waals surface area contributed by atoms with Crippen molar-refractivity contribution < 1.29 is 9.52 Å². The first-order valence-electron chi connectivity index (χ1n) is 6.52. The number of hydrogen-bond donors (Lipinski definition) is 2. The van der Waals surface area contributed by atoms with Crippen molar-refractivity contribution in [2.24, 2.45) is 17.1 Å². The molecule has 1 aliphatic rings. The smallest absolute Gasteiger partial charge is 0.133 e. The van der Waals surface area contributed by atoms with Crippen LogP contribution in [0, 0.1) is 18.3 Å². The number of furan rings is 1. The Morgan fingerprint density at radius 1 is 1.59 bits per heavy atom. The average Bonchev–Trinajstić information content (AvgIpc) is 2.74. The lowest BCUT2D eigenvalue weighted by Crippen LogP contribution is -2.40. The van der Waals surface area contributed by atoms with Crippen molar-refractivity contribution in [2.45, 2.75) is 45.6 Å². The predicted octanol–water partition coefficient (Wildman–Crippen LogP) is 2.78. The van der Waals surface area contributed by atoms with E-state index in [-0.39, 0.29) is 5.41 Å². The molecule has 3 N–H and O–H groups in total. The molecule has 3 heteroatoms. The van der Waals surface area contributed by atoms with Gasteiger partial charge in [0, 0.05) is 12.0 Å². The van der Waals surface area contributed by atoms with E-state index in [1.54, 1.807) is 0 Å². The highest BCUT2D eigenvalue weighted by atomic mass is 16.4. The second kappa shape index (κ2) is 4.83. The normalized spacial score (nSPS) is 31.4. The van der Waals surface area contributed by atoms with E-state index in [9.17, 15) is 5.11 Å². The summed E-state index contributed by atoms with van der Waals surface area (Å²) < 4.78 is 5.56. The zero-order valence-electron chi connectivity index (χ0n) is 10.8. The van der Waals surface area contributed by atoms with Crippen LogP contribution in [0.3, 0.4) is 0 Å². The van der Waals surface area contributed by atoms with E-state index in [0.29, 0.717) is 18.2 Å². The van der Waals surface area contributed by atoms with E-state index in [4.69, 9.17) is 10.2 Å².